The van der Waals surface area contributed by atoms with E-state index < -0.39 is 5.60 Å². The van der Waals surface area contributed by atoms with Crippen LogP contribution in [-0.4, -0.2) is 50.2 Å². The zero-order valence-corrected chi connectivity index (χ0v) is 11.6. The van der Waals surface area contributed by atoms with Gasteiger partial charge in [-0.1, -0.05) is 0 Å². The van der Waals surface area contributed by atoms with E-state index in [0.717, 1.165) is 6.42 Å². The number of carbonyl (C=O) groups excluding carboxylic acids is 1. The molecular weight excluding hydrogens is 246 g/mol. The van der Waals surface area contributed by atoms with Crippen LogP contribution in [0.5, 0.6) is 0 Å². The van der Waals surface area contributed by atoms with Gasteiger partial charge in [0.25, 0.3) is 0 Å². The number of carbonyl (C=O) groups is 1. The fourth-order valence-electron chi connectivity index (χ4n) is 2.20. The first kappa shape index (κ1) is 13.8. The lowest BCUT2D eigenvalue weighted by Gasteiger charge is -2.28. The predicted octanol–water partition coefficient (Wildman–Crippen LogP) is 0.615. The molecular formula is C12H21N5O2. The molecule has 7 heteroatoms. The molecule has 1 aliphatic heterocycles. The van der Waals surface area contributed by atoms with Crippen molar-refractivity contribution in [3.8, 4) is 0 Å². The predicted molar refractivity (Wildman–Crippen MR) is 69.3 cm³/mol. The van der Waals surface area contributed by atoms with Gasteiger partial charge in [-0.25, -0.2) is 4.79 Å². The zero-order chi connectivity index (χ0) is 14.0. The second-order valence-corrected chi connectivity index (χ2v) is 5.87. The van der Waals surface area contributed by atoms with Gasteiger partial charge in [-0.3, -0.25) is 0 Å². The number of ether oxygens (including phenoxy) is 1. The van der Waals surface area contributed by atoms with Crippen LogP contribution in [-0.2, 0) is 11.3 Å². The van der Waals surface area contributed by atoms with E-state index in [4.69, 9.17) is 10.5 Å². The van der Waals surface area contributed by atoms with Gasteiger partial charge < -0.3 is 15.4 Å². The molecule has 1 fully saturated rings. The SMILES string of the molecule is CC(C)(C)OC(=O)N1C[C@H](N)C[C@H]1Cn1nccn1. The van der Waals surface area contributed by atoms with Crippen molar-refractivity contribution in [2.24, 2.45) is 5.73 Å². The van der Waals surface area contributed by atoms with E-state index in [-0.39, 0.29) is 18.2 Å². The molecule has 1 aromatic rings. The highest BCUT2D eigenvalue weighted by Gasteiger charge is 2.36. The molecule has 0 bridgehead atoms. The van der Waals surface area contributed by atoms with Crippen LogP contribution in [0.1, 0.15) is 27.2 Å². The van der Waals surface area contributed by atoms with E-state index >= 15 is 0 Å². The van der Waals surface area contributed by atoms with Gasteiger partial charge >= 0.3 is 6.09 Å². The van der Waals surface area contributed by atoms with Crippen molar-refractivity contribution in [1.82, 2.24) is 19.9 Å². The first-order valence-corrected chi connectivity index (χ1v) is 6.44. The van der Waals surface area contributed by atoms with Gasteiger partial charge in [0.05, 0.1) is 25.0 Å². The summed E-state index contributed by atoms with van der Waals surface area (Å²) < 4.78 is 5.40. The molecule has 2 N–H and O–H groups in total. The second kappa shape index (κ2) is 5.16. The number of aromatic nitrogens is 3. The molecule has 0 aliphatic carbocycles. The highest BCUT2D eigenvalue weighted by atomic mass is 16.6. The summed E-state index contributed by atoms with van der Waals surface area (Å²) in [5.41, 5.74) is 5.44. The molecule has 0 aromatic carbocycles. The number of likely N-dealkylation sites (tertiary alicyclic amines) is 1. The number of nitrogens with zero attached hydrogens (tertiary/aromatic N) is 4. The van der Waals surface area contributed by atoms with Crippen LogP contribution in [0.3, 0.4) is 0 Å². The zero-order valence-electron chi connectivity index (χ0n) is 11.6. The van der Waals surface area contributed by atoms with Gasteiger partial charge in [0.2, 0.25) is 0 Å². The van der Waals surface area contributed by atoms with Crippen LogP contribution in [0.25, 0.3) is 0 Å². The van der Waals surface area contributed by atoms with Gasteiger partial charge in [0.1, 0.15) is 5.60 Å². The number of rotatable bonds is 2. The molecule has 2 atom stereocenters. The monoisotopic (exact) mass is 267 g/mol. The van der Waals surface area contributed by atoms with Crippen molar-refractivity contribution < 1.29 is 9.53 Å². The van der Waals surface area contributed by atoms with Crippen LogP contribution in [0.2, 0.25) is 0 Å². The molecule has 2 heterocycles. The Balaban J connectivity index is 2.03. The van der Waals surface area contributed by atoms with Crippen molar-refractivity contribution in [3.05, 3.63) is 12.4 Å². The Kier molecular flexibility index (Phi) is 3.75. The fraction of sp³-hybridized carbons (Fsp3) is 0.750. The number of hydrogen-bond donors (Lipinski definition) is 1. The number of nitrogens with two attached hydrogens (primary N) is 1. The Morgan fingerprint density at radius 3 is 2.63 bits per heavy atom. The summed E-state index contributed by atoms with van der Waals surface area (Å²) in [6.45, 7) is 6.61. The normalized spacial score (nSPS) is 23.7. The Morgan fingerprint density at radius 1 is 1.42 bits per heavy atom. The van der Waals surface area contributed by atoms with E-state index in [1.165, 1.54) is 0 Å². The molecule has 2 rings (SSSR count). The molecule has 0 radical (unpaired) electrons. The average Bonchev–Trinajstić information content (AvgIpc) is 2.86. The molecule has 0 saturated carbocycles. The lowest BCUT2D eigenvalue weighted by atomic mass is 10.2. The molecule has 0 spiro atoms. The highest BCUT2D eigenvalue weighted by molar-refractivity contribution is 5.69. The molecule has 0 unspecified atom stereocenters. The van der Waals surface area contributed by atoms with Crippen LogP contribution >= 0.6 is 0 Å². The fourth-order valence-corrected chi connectivity index (χ4v) is 2.20. The molecule has 7 nitrogen and oxygen atoms in total. The minimum atomic E-state index is -0.502. The third kappa shape index (κ3) is 3.66. The van der Waals surface area contributed by atoms with Crippen molar-refractivity contribution in [2.75, 3.05) is 6.54 Å². The summed E-state index contributed by atoms with van der Waals surface area (Å²) in [6.07, 6.45) is 3.65. The van der Waals surface area contributed by atoms with Gasteiger partial charge in [-0.05, 0) is 27.2 Å². The Morgan fingerprint density at radius 2 is 2.05 bits per heavy atom. The maximum Gasteiger partial charge on any atom is 0.410 e. The Labute approximate surface area is 112 Å². The lowest BCUT2D eigenvalue weighted by Crippen LogP contribution is -2.42. The highest BCUT2D eigenvalue weighted by Crippen LogP contribution is 2.21. The number of hydrogen-bond acceptors (Lipinski definition) is 5. The maximum atomic E-state index is 12.1. The van der Waals surface area contributed by atoms with E-state index in [1.807, 2.05) is 20.8 Å². The van der Waals surface area contributed by atoms with Crippen LogP contribution < -0.4 is 5.73 Å². The van der Waals surface area contributed by atoms with E-state index in [1.54, 1.807) is 22.1 Å². The Bertz CT molecular complexity index is 426. The third-order valence-corrected chi connectivity index (χ3v) is 2.92. The van der Waals surface area contributed by atoms with Crippen LogP contribution in [0.15, 0.2) is 12.4 Å². The maximum absolute atomic E-state index is 12.1. The summed E-state index contributed by atoms with van der Waals surface area (Å²) in [7, 11) is 0. The topological polar surface area (TPSA) is 86.3 Å². The van der Waals surface area contributed by atoms with Crippen molar-refractivity contribution in [2.45, 2.75) is 51.4 Å². The van der Waals surface area contributed by atoms with Gasteiger partial charge in [0.15, 0.2) is 0 Å². The standard InChI is InChI=1S/C12H21N5O2/c1-12(2,3)19-11(18)16-7-9(13)6-10(16)8-17-14-4-5-15-17/h4-5,9-10H,6-8,13H2,1-3H3/t9-,10+/m1/s1. The smallest absolute Gasteiger partial charge is 0.410 e. The van der Waals surface area contributed by atoms with Gasteiger partial charge in [-0.2, -0.15) is 15.0 Å². The summed E-state index contributed by atoms with van der Waals surface area (Å²) in [6, 6.07) is -0.0367. The number of amides is 1. The summed E-state index contributed by atoms with van der Waals surface area (Å²) in [4.78, 5) is 15.4. The van der Waals surface area contributed by atoms with Crippen LogP contribution in [0.4, 0.5) is 4.79 Å². The summed E-state index contributed by atoms with van der Waals surface area (Å²) in [5.74, 6) is 0. The molecule has 1 saturated heterocycles. The molecule has 106 valence electrons. The van der Waals surface area contributed by atoms with Gasteiger partial charge in [0, 0.05) is 12.6 Å². The summed E-state index contributed by atoms with van der Waals surface area (Å²) >= 11 is 0. The first-order valence-electron chi connectivity index (χ1n) is 6.44. The largest absolute Gasteiger partial charge is 0.444 e. The summed E-state index contributed by atoms with van der Waals surface area (Å²) in [5, 5.41) is 8.12. The molecule has 1 aliphatic rings. The molecule has 19 heavy (non-hydrogen) atoms. The van der Waals surface area contributed by atoms with Crippen molar-refractivity contribution >= 4 is 6.09 Å². The minimum absolute atomic E-state index is 0.0164. The second-order valence-electron chi connectivity index (χ2n) is 5.87. The lowest BCUT2D eigenvalue weighted by molar-refractivity contribution is 0.0207. The third-order valence-electron chi connectivity index (χ3n) is 2.92. The van der Waals surface area contributed by atoms with Crippen molar-refractivity contribution in [1.29, 1.82) is 0 Å². The van der Waals surface area contributed by atoms with E-state index in [0.29, 0.717) is 13.1 Å². The van der Waals surface area contributed by atoms with Crippen molar-refractivity contribution in [3.63, 3.8) is 0 Å². The average molecular weight is 267 g/mol. The van der Waals surface area contributed by atoms with E-state index in [9.17, 15) is 4.79 Å². The van der Waals surface area contributed by atoms with Gasteiger partial charge in [-0.15, -0.1) is 0 Å². The van der Waals surface area contributed by atoms with Crippen LogP contribution in [0, 0.1) is 0 Å². The molecule has 1 amide bonds. The Hall–Kier alpha value is -1.63. The van der Waals surface area contributed by atoms with E-state index in [2.05, 4.69) is 10.2 Å². The molecule has 1 aromatic heterocycles. The quantitative estimate of drug-likeness (QED) is 0.848. The first-order chi connectivity index (χ1) is 8.85. The minimum Gasteiger partial charge on any atom is -0.444 e.